The van der Waals surface area contributed by atoms with Gasteiger partial charge in [0.15, 0.2) is 0 Å². The number of para-hydroxylation sites is 1. The smallest absolute Gasteiger partial charge is 0.267 e. The molecular weight excluding hydrogens is 329 g/mol. The minimum Gasteiger partial charge on any atom is -0.267 e. The molecule has 112 valence electrons. The van der Waals surface area contributed by atoms with E-state index in [2.05, 4.69) is 10.5 Å². The molecule has 0 saturated carbocycles. The average Bonchev–Trinajstić information content (AvgIpc) is 2.47. The van der Waals surface area contributed by atoms with Gasteiger partial charge in [-0.25, -0.2) is 5.43 Å². The molecule has 6 nitrogen and oxygen atoms in total. The number of hydrogen-bond acceptors (Lipinski definition) is 4. The summed E-state index contributed by atoms with van der Waals surface area (Å²) in [4.78, 5) is 22.2. The number of hydrogen-bond donors (Lipinski definition) is 1. The van der Waals surface area contributed by atoms with Crippen LogP contribution in [0.1, 0.15) is 15.9 Å². The molecule has 0 bridgehead atoms. The normalized spacial score (nSPS) is 10.6. The number of nitro groups is 1. The zero-order valence-electron chi connectivity index (χ0n) is 11.0. The van der Waals surface area contributed by atoms with Crippen LogP contribution in [0.25, 0.3) is 0 Å². The number of nitro benzene ring substituents is 1. The molecule has 0 aliphatic heterocycles. The topological polar surface area (TPSA) is 84.6 Å². The average molecular weight is 338 g/mol. The molecule has 0 radical (unpaired) electrons. The van der Waals surface area contributed by atoms with Crippen LogP contribution >= 0.6 is 23.2 Å². The lowest BCUT2D eigenvalue weighted by atomic mass is 10.2. The van der Waals surface area contributed by atoms with Crippen LogP contribution in [0.5, 0.6) is 0 Å². The van der Waals surface area contributed by atoms with E-state index in [0.717, 1.165) is 0 Å². The fraction of sp³-hybridized carbons (Fsp3) is 0. The van der Waals surface area contributed by atoms with E-state index in [1.807, 2.05) is 0 Å². The number of rotatable bonds is 4. The number of nitrogens with one attached hydrogen (secondary N) is 1. The lowest BCUT2D eigenvalue weighted by Gasteiger charge is -2.03. The van der Waals surface area contributed by atoms with E-state index in [0.29, 0.717) is 5.02 Å². The highest BCUT2D eigenvalue weighted by Gasteiger charge is 2.11. The van der Waals surface area contributed by atoms with E-state index in [-0.39, 0.29) is 21.8 Å². The van der Waals surface area contributed by atoms with Gasteiger partial charge in [-0.3, -0.25) is 14.9 Å². The number of carbonyl (C=O) groups excluding carboxylic acids is 1. The first-order chi connectivity index (χ1) is 10.5. The minimum absolute atomic E-state index is 0.106. The molecule has 0 aromatic heterocycles. The fourth-order valence-corrected chi connectivity index (χ4v) is 2.15. The summed E-state index contributed by atoms with van der Waals surface area (Å²) in [5.41, 5.74) is 2.62. The number of benzene rings is 2. The van der Waals surface area contributed by atoms with Crippen LogP contribution in [0.2, 0.25) is 10.0 Å². The fourth-order valence-electron chi connectivity index (χ4n) is 1.66. The number of amides is 1. The van der Waals surface area contributed by atoms with Gasteiger partial charge in [0.25, 0.3) is 11.6 Å². The second-order valence-corrected chi connectivity index (χ2v) is 4.98. The highest BCUT2D eigenvalue weighted by Crippen LogP contribution is 2.20. The Morgan fingerprint density at radius 1 is 1.23 bits per heavy atom. The standard InChI is InChI=1S/C14H9Cl2N3O3/c15-10-5-6-11(12(16)7-10)14(20)18-17-8-9-3-1-2-4-13(9)19(21)22/h1-8H,(H,18,20). The Morgan fingerprint density at radius 3 is 2.64 bits per heavy atom. The van der Waals surface area contributed by atoms with E-state index in [1.165, 1.54) is 36.5 Å². The molecule has 1 N–H and O–H groups in total. The predicted octanol–water partition coefficient (Wildman–Crippen LogP) is 3.67. The largest absolute Gasteiger partial charge is 0.278 e. The predicted molar refractivity (Wildman–Crippen MR) is 84.6 cm³/mol. The molecule has 1 amide bonds. The monoisotopic (exact) mass is 337 g/mol. The number of nitrogens with zero attached hydrogens (tertiary/aromatic N) is 2. The Bertz CT molecular complexity index is 763. The second kappa shape index (κ2) is 7.02. The van der Waals surface area contributed by atoms with Crippen LogP contribution in [-0.2, 0) is 0 Å². The van der Waals surface area contributed by atoms with Gasteiger partial charge in [-0.1, -0.05) is 35.3 Å². The number of carbonyl (C=O) groups is 1. The highest BCUT2D eigenvalue weighted by atomic mass is 35.5. The molecule has 0 spiro atoms. The molecule has 0 aliphatic rings. The Hall–Kier alpha value is -2.44. The van der Waals surface area contributed by atoms with Crippen LogP contribution in [0.15, 0.2) is 47.6 Å². The SMILES string of the molecule is O=C(NN=Cc1ccccc1[N+](=O)[O-])c1ccc(Cl)cc1Cl. The molecule has 0 atom stereocenters. The van der Waals surface area contributed by atoms with E-state index in [1.54, 1.807) is 12.1 Å². The van der Waals surface area contributed by atoms with Gasteiger partial charge in [0.1, 0.15) is 0 Å². The maximum Gasteiger partial charge on any atom is 0.278 e. The summed E-state index contributed by atoms with van der Waals surface area (Å²) < 4.78 is 0. The van der Waals surface area contributed by atoms with E-state index < -0.39 is 10.8 Å². The van der Waals surface area contributed by atoms with E-state index >= 15 is 0 Å². The summed E-state index contributed by atoms with van der Waals surface area (Å²) >= 11 is 11.6. The number of hydrazone groups is 1. The Kier molecular flexibility index (Phi) is 5.08. The molecule has 0 aliphatic carbocycles. The molecule has 0 unspecified atom stereocenters. The Morgan fingerprint density at radius 2 is 1.95 bits per heavy atom. The summed E-state index contributed by atoms with van der Waals surface area (Å²) in [5, 5.41) is 15.1. The third-order valence-corrected chi connectivity index (χ3v) is 3.23. The Labute approximate surface area is 135 Å². The van der Waals surface area contributed by atoms with Gasteiger partial charge in [-0.2, -0.15) is 5.10 Å². The summed E-state index contributed by atoms with van der Waals surface area (Å²) in [6, 6.07) is 10.5. The van der Waals surface area contributed by atoms with Crippen molar-refractivity contribution in [3.05, 3.63) is 73.8 Å². The lowest BCUT2D eigenvalue weighted by Crippen LogP contribution is -2.18. The van der Waals surface area contributed by atoms with Crippen molar-refractivity contribution >= 4 is 41.0 Å². The molecule has 2 aromatic rings. The summed E-state index contributed by atoms with van der Waals surface area (Å²) in [6.07, 6.45) is 1.19. The molecule has 0 heterocycles. The zero-order valence-corrected chi connectivity index (χ0v) is 12.5. The minimum atomic E-state index is -0.545. The van der Waals surface area contributed by atoms with Crippen molar-refractivity contribution in [3.63, 3.8) is 0 Å². The van der Waals surface area contributed by atoms with Crippen molar-refractivity contribution in [1.82, 2.24) is 5.43 Å². The number of halogens is 2. The maximum absolute atomic E-state index is 11.9. The highest BCUT2D eigenvalue weighted by molar-refractivity contribution is 6.36. The molecule has 22 heavy (non-hydrogen) atoms. The first-order valence-electron chi connectivity index (χ1n) is 6.01. The molecule has 2 aromatic carbocycles. The first-order valence-corrected chi connectivity index (χ1v) is 6.76. The van der Waals surface area contributed by atoms with Crippen LogP contribution in [0, 0.1) is 10.1 Å². The van der Waals surface area contributed by atoms with Gasteiger partial charge < -0.3 is 0 Å². The summed E-state index contributed by atoms with van der Waals surface area (Å²) in [7, 11) is 0. The van der Waals surface area contributed by atoms with Crippen molar-refractivity contribution < 1.29 is 9.72 Å². The van der Waals surface area contributed by atoms with Crippen molar-refractivity contribution in [1.29, 1.82) is 0 Å². The van der Waals surface area contributed by atoms with Crippen molar-refractivity contribution in [2.45, 2.75) is 0 Å². The van der Waals surface area contributed by atoms with Gasteiger partial charge in [0.05, 0.1) is 27.3 Å². The summed E-state index contributed by atoms with van der Waals surface area (Å²) in [6.45, 7) is 0. The van der Waals surface area contributed by atoms with Gasteiger partial charge >= 0.3 is 0 Å². The Balaban J connectivity index is 2.13. The van der Waals surface area contributed by atoms with Gasteiger partial charge in [0, 0.05) is 11.1 Å². The first kappa shape index (κ1) is 15.9. The lowest BCUT2D eigenvalue weighted by molar-refractivity contribution is -0.385. The van der Waals surface area contributed by atoms with Gasteiger partial charge in [-0.15, -0.1) is 0 Å². The van der Waals surface area contributed by atoms with Gasteiger partial charge in [0.2, 0.25) is 0 Å². The van der Waals surface area contributed by atoms with E-state index in [9.17, 15) is 14.9 Å². The third-order valence-electron chi connectivity index (χ3n) is 2.68. The van der Waals surface area contributed by atoms with Crippen LogP contribution in [0.4, 0.5) is 5.69 Å². The van der Waals surface area contributed by atoms with Crippen molar-refractivity contribution in [2.24, 2.45) is 5.10 Å². The van der Waals surface area contributed by atoms with Gasteiger partial charge in [-0.05, 0) is 24.3 Å². The van der Waals surface area contributed by atoms with Crippen LogP contribution in [-0.4, -0.2) is 17.0 Å². The quantitative estimate of drug-likeness (QED) is 0.524. The maximum atomic E-state index is 11.9. The zero-order chi connectivity index (χ0) is 16.1. The second-order valence-electron chi connectivity index (χ2n) is 4.14. The van der Waals surface area contributed by atoms with Crippen LogP contribution < -0.4 is 5.43 Å². The molecule has 0 fully saturated rings. The third kappa shape index (κ3) is 3.81. The van der Waals surface area contributed by atoms with Crippen molar-refractivity contribution in [3.8, 4) is 0 Å². The molecule has 8 heteroatoms. The van der Waals surface area contributed by atoms with Crippen molar-refractivity contribution in [2.75, 3.05) is 0 Å². The van der Waals surface area contributed by atoms with E-state index in [4.69, 9.17) is 23.2 Å². The summed E-state index contributed by atoms with van der Waals surface area (Å²) in [5.74, 6) is -0.545. The molecule has 0 saturated heterocycles. The van der Waals surface area contributed by atoms with Crippen LogP contribution in [0.3, 0.4) is 0 Å². The molecular formula is C14H9Cl2N3O3. The molecule has 2 rings (SSSR count).